The van der Waals surface area contributed by atoms with Crippen LogP contribution in [0.1, 0.15) is 29.9 Å². The number of hydrogen-bond acceptors (Lipinski definition) is 6. The summed E-state index contributed by atoms with van der Waals surface area (Å²) in [4.78, 5) is 13.9. The van der Waals surface area contributed by atoms with E-state index < -0.39 is 0 Å². The molecule has 1 saturated heterocycles. The Labute approximate surface area is 148 Å². The molecule has 1 fully saturated rings. The van der Waals surface area contributed by atoms with Crippen molar-refractivity contribution in [3.8, 4) is 0 Å². The van der Waals surface area contributed by atoms with Crippen molar-refractivity contribution in [3.63, 3.8) is 0 Å². The van der Waals surface area contributed by atoms with Crippen molar-refractivity contribution in [3.05, 3.63) is 41.5 Å². The summed E-state index contributed by atoms with van der Waals surface area (Å²) < 4.78 is 5.34. The topological polar surface area (TPSA) is 71.4 Å². The number of nitrogen functional groups attached to an aromatic ring is 1. The lowest BCUT2D eigenvalue weighted by molar-refractivity contribution is 0.318. The van der Waals surface area contributed by atoms with Crippen LogP contribution in [0.5, 0.6) is 0 Å². The zero-order valence-corrected chi connectivity index (χ0v) is 14.5. The Balaban J connectivity index is 1.46. The second-order valence-electron chi connectivity index (χ2n) is 6.74. The van der Waals surface area contributed by atoms with Gasteiger partial charge in [0.15, 0.2) is 0 Å². The highest BCUT2D eigenvalue weighted by molar-refractivity contribution is 5.53. The molecule has 4 heterocycles. The quantitative estimate of drug-likeness (QED) is 0.922. The molecule has 2 aliphatic rings. The van der Waals surface area contributed by atoms with Gasteiger partial charge in [-0.1, -0.05) is 6.08 Å². The first-order valence-corrected chi connectivity index (χ1v) is 9.12. The number of anilines is 2. The first-order valence-electron chi connectivity index (χ1n) is 9.12. The minimum absolute atomic E-state index is 0.409. The highest BCUT2D eigenvalue weighted by Crippen LogP contribution is 2.28. The highest BCUT2D eigenvalue weighted by Gasteiger charge is 2.23. The van der Waals surface area contributed by atoms with E-state index in [1.165, 1.54) is 18.4 Å². The van der Waals surface area contributed by atoms with Crippen LogP contribution in [0.2, 0.25) is 0 Å². The summed E-state index contributed by atoms with van der Waals surface area (Å²) in [5.41, 5.74) is 8.42. The maximum atomic E-state index is 5.99. The largest absolute Gasteiger partial charge is 0.465 e. The predicted octanol–water partition coefficient (Wildman–Crippen LogP) is 2.37. The maximum absolute atomic E-state index is 5.99. The Morgan fingerprint density at radius 2 is 1.96 bits per heavy atom. The van der Waals surface area contributed by atoms with Gasteiger partial charge in [-0.25, -0.2) is 4.98 Å². The van der Waals surface area contributed by atoms with E-state index in [1.54, 1.807) is 6.26 Å². The molecule has 0 aliphatic carbocycles. The third-order valence-corrected chi connectivity index (χ3v) is 5.03. The van der Waals surface area contributed by atoms with E-state index in [4.69, 9.17) is 10.2 Å². The van der Waals surface area contributed by atoms with Gasteiger partial charge in [-0.15, -0.1) is 0 Å². The Morgan fingerprint density at radius 3 is 2.76 bits per heavy atom. The molecular formula is C19H25N5O. The van der Waals surface area contributed by atoms with Crippen molar-refractivity contribution in [2.45, 2.75) is 25.7 Å². The highest BCUT2D eigenvalue weighted by atomic mass is 16.3. The molecule has 0 spiro atoms. The number of aromatic nitrogens is 2. The molecule has 132 valence electrons. The lowest BCUT2D eigenvalue weighted by Gasteiger charge is -2.21. The summed E-state index contributed by atoms with van der Waals surface area (Å²) in [5, 5.41) is 0. The van der Waals surface area contributed by atoms with Crippen molar-refractivity contribution in [2.24, 2.45) is 0 Å². The number of hydrogen-bond donors (Lipinski definition) is 1. The lowest BCUT2D eigenvalue weighted by Crippen LogP contribution is -2.26. The first-order chi connectivity index (χ1) is 12.3. The van der Waals surface area contributed by atoms with Gasteiger partial charge in [0.25, 0.3) is 0 Å². The summed E-state index contributed by atoms with van der Waals surface area (Å²) in [7, 11) is 0. The fourth-order valence-electron chi connectivity index (χ4n) is 3.72. The monoisotopic (exact) mass is 339 g/mol. The second kappa shape index (κ2) is 7.27. The van der Waals surface area contributed by atoms with Gasteiger partial charge < -0.3 is 15.1 Å². The molecule has 2 aromatic rings. The zero-order valence-electron chi connectivity index (χ0n) is 14.5. The second-order valence-corrected chi connectivity index (χ2v) is 6.74. The van der Waals surface area contributed by atoms with Gasteiger partial charge in [0, 0.05) is 44.7 Å². The van der Waals surface area contributed by atoms with Crippen molar-refractivity contribution < 1.29 is 4.42 Å². The normalized spacial score (nSPS) is 18.6. The third kappa shape index (κ3) is 3.69. The van der Waals surface area contributed by atoms with Crippen LogP contribution in [0.3, 0.4) is 0 Å². The summed E-state index contributed by atoms with van der Waals surface area (Å²) in [6.45, 7) is 5.09. The number of fused-ring (bicyclic) bond motifs is 1. The third-order valence-electron chi connectivity index (χ3n) is 5.03. The Kier molecular flexibility index (Phi) is 4.70. The first kappa shape index (κ1) is 16.1. The van der Waals surface area contributed by atoms with Crippen molar-refractivity contribution in [1.29, 1.82) is 0 Å². The van der Waals surface area contributed by atoms with Crippen LogP contribution in [0.25, 0.3) is 6.08 Å². The minimum atomic E-state index is 0.409. The van der Waals surface area contributed by atoms with Crippen LogP contribution in [-0.4, -0.2) is 47.6 Å². The summed E-state index contributed by atoms with van der Waals surface area (Å²) >= 11 is 0. The van der Waals surface area contributed by atoms with Crippen LogP contribution in [-0.2, 0) is 12.8 Å². The SMILES string of the molecule is Nc1nc2c(c(N3CCCC3)n1)CCN(C/C=C/c1ccco1)CC2. The molecule has 25 heavy (non-hydrogen) atoms. The van der Waals surface area contributed by atoms with Gasteiger partial charge in [-0.3, -0.25) is 4.90 Å². The van der Waals surface area contributed by atoms with E-state index in [0.29, 0.717) is 5.95 Å². The molecule has 6 nitrogen and oxygen atoms in total. The molecule has 2 aliphatic heterocycles. The number of nitrogens with two attached hydrogens (primary N) is 1. The van der Waals surface area contributed by atoms with Crippen LogP contribution in [0.15, 0.2) is 28.9 Å². The van der Waals surface area contributed by atoms with Crippen molar-refractivity contribution in [2.75, 3.05) is 43.4 Å². The number of furan rings is 1. The standard InChI is InChI=1S/C19H25N5O/c20-19-21-17-8-13-23(9-3-5-15-6-4-14-25-15)12-7-16(17)18(22-19)24-10-1-2-11-24/h3-6,14H,1-2,7-13H2,(H2,20,21,22)/b5-3+. The molecule has 0 atom stereocenters. The molecule has 2 aromatic heterocycles. The Morgan fingerprint density at radius 1 is 1.12 bits per heavy atom. The number of nitrogens with zero attached hydrogens (tertiary/aromatic N) is 4. The van der Waals surface area contributed by atoms with E-state index in [-0.39, 0.29) is 0 Å². The van der Waals surface area contributed by atoms with Gasteiger partial charge in [0.1, 0.15) is 11.6 Å². The molecular weight excluding hydrogens is 314 g/mol. The molecule has 0 amide bonds. The molecule has 0 unspecified atom stereocenters. The predicted molar refractivity (Wildman–Crippen MR) is 99.5 cm³/mol. The van der Waals surface area contributed by atoms with E-state index in [0.717, 1.165) is 62.8 Å². The van der Waals surface area contributed by atoms with Gasteiger partial charge >= 0.3 is 0 Å². The van der Waals surface area contributed by atoms with Gasteiger partial charge in [0.05, 0.1) is 12.0 Å². The van der Waals surface area contributed by atoms with Gasteiger partial charge in [-0.05, 0) is 37.5 Å². The average Bonchev–Trinajstić information content (AvgIpc) is 3.28. The molecule has 4 rings (SSSR count). The number of rotatable bonds is 4. The molecule has 0 saturated carbocycles. The minimum Gasteiger partial charge on any atom is -0.465 e. The smallest absolute Gasteiger partial charge is 0.222 e. The Hall–Kier alpha value is -2.34. The zero-order chi connectivity index (χ0) is 17.1. The van der Waals surface area contributed by atoms with Gasteiger partial charge in [-0.2, -0.15) is 4.98 Å². The molecule has 6 heteroatoms. The summed E-state index contributed by atoms with van der Waals surface area (Å²) in [6, 6.07) is 3.88. The average molecular weight is 339 g/mol. The van der Waals surface area contributed by atoms with Crippen molar-refractivity contribution >= 4 is 17.8 Å². The molecule has 0 aromatic carbocycles. The maximum Gasteiger partial charge on any atom is 0.222 e. The molecule has 2 N–H and O–H groups in total. The van der Waals surface area contributed by atoms with Gasteiger partial charge in [0.2, 0.25) is 5.95 Å². The van der Waals surface area contributed by atoms with Crippen LogP contribution >= 0.6 is 0 Å². The molecule has 0 radical (unpaired) electrons. The van der Waals surface area contributed by atoms with E-state index in [9.17, 15) is 0 Å². The van der Waals surface area contributed by atoms with Crippen LogP contribution < -0.4 is 10.6 Å². The fourth-order valence-corrected chi connectivity index (χ4v) is 3.72. The van der Waals surface area contributed by atoms with E-state index >= 15 is 0 Å². The Bertz CT molecular complexity index is 735. The van der Waals surface area contributed by atoms with Crippen molar-refractivity contribution in [1.82, 2.24) is 14.9 Å². The summed E-state index contributed by atoms with van der Waals surface area (Å²) in [6.07, 6.45) is 10.3. The van der Waals surface area contributed by atoms with E-state index in [1.807, 2.05) is 18.2 Å². The van der Waals surface area contributed by atoms with E-state index in [2.05, 4.69) is 25.8 Å². The molecule has 0 bridgehead atoms. The fraction of sp³-hybridized carbons (Fsp3) is 0.474. The lowest BCUT2D eigenvalue weighted by atomic mass is 10.1. The summed E-state index contributed by atoms with van der Waals surface area (Å²) in [5.74, 6) is 2.38. The van der Waals surface area contributed by atoms with Crippen LogP contribution in [0.4, 0.5) is 11.8 Å². The van der Waals surface area contributed by atoms with Crippen LogP contribution in [0, 0.1) is 0 Å².